The molecule has 0 saturated carbocycles. The molecule has 1 aliphatic carbocycles. The third kappa shape index (κ3) is 5.34. The second-order valence-electron chi connectivity index (χ2n) is 8.26. The van der Waals surface area contributed by atoms with Gasteiger partial charge in [0.25, 0.3) is 0 Å². The van der Waals surface area contributed by atoms with Crippen LogP contribution in [0.3, 0.4) is 0 Å². The van der Waals surface area contributed by atoms with Gasteiger partial charge in [0.15, 0.2) is 0 Å². The van der Waals surface area contributed by atoms with Gasteiger partial charge < -0.3 is 0 Å². The second kappa shape index (κ2) is 9.93. The van der Waals surface area contributed by atoms with E-state index in [0.717, 1.165) is 18.3 Å². The third-order valence-electron chi connectivity index (χ3n) is 6.61. The Labute approximate surface area is 166 Å². The maximum atomic E-state index is 2.52. The fourth-order valence-corrected chi connectivity index (χ4v) is 4.39. The summed E-state index contributed by atoms with van der Waals surface area (Å²) in [5.41, 5.74) is 7.02. The molecule has 1 unspecified atom stereocenters. The molecule has 144 valence electrons. The van der Waals surface area contributed by atoms with Crippen LogP contribution in [0.25, 0.3) is 16.7 Å². The van der Waals surface area contributed by atoms with E-state index in [2.05, 4.69) is 75.4 Å². The Balaban J connectivity index is 1.59. The van der Waals surface area contributed by atoms with Gasteiger partial charge in [-0.1, -0.05) is 94.6 Å². The topological polar surface area (TPSA) is 0 Å². The van der Waals surface area contributed by atoms with Crippen molar-refractivity contribution in [2.24, 2.45) is 11.8 Å². The quantitative estimate of drug-likeness (QED) is 0.444. The summed E-state index contributed by atoms with van der Waals surface area (Å²) in [5, 5.41) is 0. The van der Waals surface area contributed by atoms with Gasteiger partial charge in [-0.05, 0) is 71.8 Å². The van der Waals surface area contributed by atoms with Crippen molar-refractivity contribution in [3.63, 3.8) is 0 Å². The highest BCUT2D eigenvalue weighted by molar-refractivity contribution is 5.71. The Bertz CT molecular complexity index is 714. The van der Waals surface area contributed by atoms with Crippen LogP contribution in [-0.4, -0.2) is 0 Å². The summed E-state index contributed by atoms with van der Waals surface area (Å²) in [4.78, 5) is 0. The number of hydrogen-bond donors (Lipinski definition) is 0. The lowest BCUT2D eigenvalue weighted by atomic mass is 9.82. The first-order valence-electron chi connectivity index (χ1n) is 11.1. The van der Waals surface area contributed by atoms with Crippen LogP contribution < -0.4 is 0 Å². The fraction of sp³-hybridized carbons (Fsp3) is 0.481. The van der Waals surface area contributed by atoms with Gasteiger partial charge in [0.05, 0.1) is 0 Å². The molecule has 0 saturated heterocycles. The molecule has 0 spiro atoms. The summed E-state index contributed by atoms with van der Waals surface area (Å²) in [5.74, 6) is 1.85. The summed E-state index contributed by atoms with van der Waals surface area (Å²) in [7, 11) is 0. The van der Waals surface area contributed by atoms with Crippen LogP contribution >= 0.6 is 0 Å². The molecule has 0 heteroatoms. The lowest BCUT2D eigenvalue weighted by Crippen LogP contribution is -2.08. The van der Waals surface area contributed by atoms with E-state index in [1.807, 2.05) is 0 Å². The van der Waals surface area contributed by atoms with Gasteiger partial charge in [0.2, 0.25) is 0 Å². The zero-order chi connectivity index (χ0) is 19.1. The molecule has 0 fully saturated rings. The molecule has 0 N–H and O–H groups in total. The monoisotopic (exact) mass is 360 g/mol. The van der Waals surface area contributed by atoms with E-state index < -0.39 is 0 Å². The minimum atomic E-state index is 0.908. The minimum Gasteiger partial charge on any atom is -0.0804 e. The highest BCUT2D eigenvalue weighted by Crippen LogP contribution is 2.34. The number of aryl methyl sites for hydroxylation is 1. The maximum Gasteiger partial charge on any atom is -0.0184 e. The van der Waals surface area contributed by atoms with Crippen LogP contribution in [0.1, 0.15) is 76.8 Å². The van der Waals surface area contributed by atoms with E-state index in [0.29, 0.717) is 0 Å². The number of hydrogen-bond acceptors (Lipinski definition) is 0. The molecule has 0 nitrogen and oxygen atoms in total. The van der Waals surface area contributed by atoms with Crippen molar-refractivity contribution in [2.75, 3.05) is 0 Å². The predicted molar refractivity (Wildman–Crippen MR) is 120 cm³/mol. The molecule has 0 heterocycles. The van der Waals surface area contributed by atoms with Gasteiger partial charge in [0, 0.05) is 0 Å². The van der Waals surface area contributed by atoms with Crippen LogP contribution in [0.4, 0.5) is 0 Å². The van der Waals surface area contributed by atoms with Crippen LogP contribution in [0, 0.1) is 11.8 Å². The van der Waals surface area contributed by atoms with Crippen molar-refractivity contribution >= 4 is 5.57 Å². The third-order valence-corrected chi connectivity index (χ3v) is 6.61. The van der Waals surface area contributed by atoms with Crippen LogP contribution in [0.15, 0.2) is 54.6 Å². The van der Waals surface area contributed by atoms with E-state index in [9.17, 15) is 0 Å². The first-order chi connectivity index (χ1) is 13.2. The van der Waals surface area contributed by atoms with Gasteiger partial charge in [0.1, 0.15) is 0 Å². The Kier molecular flexibility index (Phi) is 7.33. The van der Waals surface area contributed by atoms with Crippen LogP contribution in [-0.2, 0) is 6.42 Å². The van der Waals surface area contributed by atoms with Gasteiger partial charge in [-0.25, -0.2) is 0 Å². The highest BCUT2D eigenvalue weighted by Gasteiger charge is 2.16. The van der Waals surface area contributed by atoms with E-state index in [1.165, 1.54) is 67.2 Å². The van der Waals surface area contributed by atoms with Gasteiger partial charge in [-0.3, -0.25) is 0 Å². The minimum absolute atomic E-state index is 0.908. The summed E-state index contributed by atoms with van der Waals surface area (Å²) in [6, 6.07) is 18.2. The lowest BCUT2D eigenvalue weighted by Gasteiger charge is -2.24. The molecule has 0 bridgehead atoms. The molecule has 2 aromatic carbocycles. The molecule has 0 radical (unpaired) electrons. The Hall–Kier alpha value is -1.82. The van der Waals surface area contributed by atoms with E-state index in [4.69, 9.17) is 0 Å². The zero-order valence-corrected chi connectivity index (χ0v) is 17.5. The van der Waals surface area contributed by atoms with E-state index >= 15 is 0 Å². The normalized spacial score (nSPS) is 17.2. The standard InChI is InChI=1S/C27H36/c1-4-21(5-2)7-8-23-11-15-25(16-12-23)27-19-17-26(18-20-27)24-13-9-22(6-3)10-14-24/h9-10,13-15,17-21,23H,4-8,11-12,16H2,1-3H3. The van der Waals surface area contributed by atoms with Crippen molar-refractivity contribution in [1.29, 1.82) is 0 Å². The van der Waals surface area contributed by atoms with Crippen molar-refractivity contribution in [2.45, 2.75) is 72.1 Å². The Morgan fingerprint density at radius 3 is 1.93 bits per heavy atom. The largest absolute Gasteiger partial charge is 0.0804 e. The smallest absolute Gasteiger partial charge is 0.0184 e. The molecule has 1 atom stereocenters. The molecule has 0 aliphatic heterocycles. The fourth-order valence-electron chi connectivity index (χ4n) is 4.39. The molecule has 0 amide bonds. The average molecular weight is 361 g/mol. The van der Waals surface area contributed by atoms with Gasteiger partial charge in [-0.2, -0.15) is 0 Å². The molecule has 27 heavy (non-hydrogen) atoms. The summed E-state index contributed by atoms with van der Waals surface area (Å²) < 4.78 is 0. The summed E-state index contributed by atoms with van der Waals surface area (Å²) in [6.07, 6.45) is 13.0. The number of benzene rings is 2. The lowest BCUT2D eigenvalue weighted by molar-refractivity contribution is 0.361. The van der Waals surface area contributed by atoms with Crippen molar-refractivity contribution in [3.8, 4) is 11.1 Å². The SMILES string of the molecule is CCc1ccc(-c2ccc(C3=CCC(CCC(CC)CC)CC3)cc2)cc1. The zero-order valence-electron chi connectivity index (χ0n) is 17.5. The van der Waals surface area contributed by atoms with Crippen molar-refractivity contribution in [1.82, 2.24) is 0 Å². The molecule has 0 aromatic heterocycles. The second-order valence-corrected chi connectivity index (χ2v) is 8.26. The van der Waals surface area contributed by atoms with Gasteiger partial charge >= 0.3 is 0 Å². The molecule has 1 aliphatic rings. The molecular weight excluding hydrogens is 324 g/mol. The first kappa shape index (κ1) is 19.9. The van der Waals surface area contributed by atoms with Gasteiger partial charge in [-0.15, -0.1) is 0 Å². The first-order valence-corrected chi connectivity index (χ1v) is 11.1. The highest BCUT2D eigenvalue weighted by atomic mass is 14.2. The summed E-state index contributed by atoms with van der Waals surface area (Å²) >= 11 is 0. The van der Waals surface area contributed by atoms with Crippen molar-refractivity contribution in [3.05, 3.63) is 65.7 Å². The Morgan fingerprint density at radius 1 is 0.815 bits per heavy atom. The molecule has 2 aromatic rings. The van der Waals surface area contributed by atoms with Crippen LogP contribution in [0.5, 0.6) is 0 Å². The van der Waals surface area contributed by atoms with E-state index in [-0.39, 0.29) is 0 Å². The number of rotatable bonds is 8. The predicted octanol–water partition coefficient (Wildman–Crippen LogP) is 8.32. The Morgan fingerprint density at radius 2 is 1.41 bits per heavy atom. The van der Waals surface area contributed by atoms with Crippen LogP contribution in [0.2, 0.25) is 0 Å². The number of allylic oxidation sites excluding steroid dienone is 2. The average Bonchev–Trinajstić information content (AvgIpc) is 2.75. The molecular formula is C27H36. The summed E-state index contributed by atoms with van der Waals surface area (Å²) in [6.45, 7) is 6.89. The van der Waals surface area contributed by atoms with E-state index in [1.54, 1.807) is 5.57 Å². The maximum absolute atomic E-state index is 2.52. The van der Waals surface area contributed by atoms with Crippen molar-refractivity contribution < 1.29 is 0 Å². The molecule has 3 rings (SSSR count).